The van der Waals surface area contributed by atoms with Gasteiger partial charge < -0.3 is 27.2 Å². The molecule has 3 amide bonds. The Bertz CT molecular complexity index is 560. The van der Waals surface area contributed by atoms with Crippen LogP contribution in [0.4, 0.5) is 4.79 Å². The Balaban J connectivity index is 2.93. The third kappa shape index (κ3) is 4.49. The van der Waals surface area contributed by atoms with Crippen LogP contribution in [0, 0.1) is 5.41 Å². The van der Waals surface area contributed by atoms with Crippen molar-refractivity contribution in [2.45, 2.75) is 12.1 Å². The van der Waals surface area contributed by atoms with Crippen molar-refractivity contribution in [1.29, 1.82) is 5.41 Å². The van der Waals surface area contributed by atoms with Crippen LogP contribution < -0.4 is 22.1 Å². The van der Waals surface area contributed by atoms with Gasteiger partial charge in [-0.2, -0.15) is 0 Å². The zero-order valence-corrected chi connectivity index (χ0v) is 10.9. The SMILES string of the molecule is N=C(N)C(NC(N)=O)C(=O)NC(C(=O)O)c1ccccc1. The molecule has 0 saturated heterocycles. The van der Waals surface area contributed by atoms with Gasteiger partial charge in [0.1, 0.15) is 5.84 Å². The maximum atomic E-state index is 11.9. The highest BCUT2D eigenvalue weighted by atomic mass is 16.4. The number of primary amides is 1. The van der Waals surface area contributed by atoms with E-state index in [1.807, 2.05) is 5.32 Å². The minimum atomic E-state index is -1.53. The largest absolute Gasteiger partial charge is 0.479 e. The Morgan fingerprint density at radius 2 is 1.67 bits per heavy atom. The molecule has 0 aromatic heterocycles. The number of hydrogen-bond acceptors (Lipinski definition) is 4. The molecule has 9 nitrogen and oxygen atoms in total. The highest BCUT2D eigenvalue weighted by molar-refractivity contribution is 6.07. The van der Waals surface area contributed by atoms with Crippen LogP contribution in [0.25, 0.3) is 0 Å². The maximum Gasteiger partial charge on any atom is 0.330 e. The van der Waals surface area contributed by atoms with E-state index >= 15 is 0 Å². The second-order valence-electron chi connectivity index (χ2n) is 4.09. The van der Waals surface area contributed by atoms with E-state index in [-0.39, 0.29) is 0 Å². The Kier molecular flexibility index (Phi) is 5.24. The van der Waals surface area contributed by atoms with Crippen LogP contribution in [0.15, 0.2) is 30.3 Å². The second kappa shape index (κ2) is 6.89. The number of carbonyl (C=O) groups is 3. The lowest BCUT2D eigenvalue weighted by Gasteiger charge is -2.20. The maximum absolute atomic E-state index is 11.9. The Hall–Kier alpha value is -3.10. The van der Waals surface area contributed by atoms with E-state index in [0.29, 0.717) is 5.56 Å². The van der Waals surface area contributed by atoms with E-state index in [4.69, 9.17) is 22.0 Å². The molecule has 112 valence electrons. The third-order valence-corrected chi connectivity index (χ3v) is 2.53. The number of carboxylic acid groups (broad SMARTS) is 1. The summed E-state index contributed by atoms with van der Waals surface area (Å²) < 4.78 is 0. The molecule has 0 bridgehead atoms. The fraction of sp³-hybridized carbons (Fsp3) is 0.167. The molecule has 2 unspecified atom stereocenters. The van der Waals surface area contributed by atoms with Crippen LogP contribution in [0.5, 0.6) is 0 Å². The van der Waals surface area contributed by atoms with Crippen molar-refractivity contribution in [2.75, 3.05) is 0 Å². The number of carboxylic acids is 1. The highest BCUT2D eigenvalue weighted by Crippen LogP contribution is 2.12. The van der Waals surface area contributed by atoms with Gasteiger partial charge in [0.15, 0.2) is 12.1 Å². The second-order valence-corrected chi connectivity index (χ2v) is 4.09. The summed E-state index contributed by atoms with van der Waals surface area (Å²) in [5, 5.41) is 20.5. The van der Waals surface area contributed by atoms with Crippen molar-refractivity contribution in [1.82, 2.24) is 10.6 Å². The standard InChI is InChI=1S/C12H15N5O4/c13-9(14)8(17-12(15)21)10(18)16-7(11(19)20)6-4-2-1-3-5-6/h1-5,7-8H,(H3,13,14)(H,16,18)(H,19,20)(H3,15,17,21). The van der Waals surface area contributed by atoms with Crippen molar-refractivity contribution in [3.63, 3.8) is 0 Å². The summed E-state index contributed by atoms with van der Waals surface area (Å²) >= 11 is 0. The Labute approximate surface area is 119 Å². The van der Waals surface area contributed by atoms with Crippen LogP contribution in [-0.2, 0) is 9.59 Å². The van der Waals surface area contributed by atoms with Gasteiger partial charge in [0.05, 0.1) is 0 Å². The number of carbonyl (C=O) groups excluding carboxylic acids is 2. The first-order valence-electron chi connectivity index (χ1n) is 5.81. The van der Waals surface area contributed by atoms with Crippen molar-refractivity contribution < 1.29 is 19.5 Å². The summed E-state index contributed by atoms with van der Waals surface area (Å²) in [6, 6.07) is 4.02. The van der Waals surface area contributed by atoms with E-state index in [9.17, 15) is 14.4 Å². The zero-order valence-electron chi connectivity index (χ0n) is 10.9. The Morgan fingerprint density at radius 3 is 2.10 bits per heavy atom. The molecule has 0 saturated carbocycles. The number of hydrogen-bond donors (Lipinski definition) is 6. The summed E-state index contributed by atoms with van der Waals surface area (Å²) in [5.74, 6) is -2.91. The predicted molar refractivity (Wildman–Crippen MR) is 73.4 cm³/mol. The average molecular weight is 293 g/mol. The summed E-state index contributed by atoms with van der Waals surface area (Å²) in [6.45, 7) is 0. The summed E-state index contributed by atoms with van der Waals surface area (Å²) in [4.78, 5) is 34.0. The minimum absolute atomic E-state index is 0.333. The van der Waals surface area contributed by atoms with E-state index in [0.717, 1.165) is 0 Å². The topological polar surface area (TPSA) is 171 Å². The molecule has 0 aliphatic carbocycles. The molecule has 21 heavy (non-hydrogen) atoms. The highest BCUT2D eigenvalue weighted by Gasteiger charge is 2.28. The molecule has 8 N–H and O–H groups in total. The molecule has 0 aliphatic rings. The molecule has 0 aliphatic heterocycles. The first kappa shape index (κ1) is 16.0. The predicted octanol–water partition coefficient (Wildman–Crippen LogP) is -1.10. The van der Waals surface area contributed by atoms with Gasteiger partial charge in [-0.15, -0.1) is 0 Å². The van der Waals surface area contributed by atoms with Gasteiger partial charge >= 0.3 is 12.0 Å². The van der Waals surface area contributed by atoms with E-state index in [1.54, 1.807) is 18.2 Å². The van der Waals surface area contributed by atoms with Gasteiger partial charge in [-0.25, -0.2) is 9.59 Å². The first-order chi connectivity index (χ1) is 9.82. The van der Waals surface area contributed by atoms with Crippen molar-refractivity contribution in [3.8, 4) is 0 Å². The fourth-order valence-corrected chi connectivity index (χ4v) is 1.59. The fourth-order valence-electron chi connectivity index (χ4n) is 1.59. The van der Waals surface area contributed by atoms with Gasteiger partial charge in [0, 0.05) is 0 Å². The lowest BCUT2D eigenvalue weighted by atomic mass is 10.1. The number of urea groups is 1. The molecule has 9 heteroatoms. The summed E-state index contributed by atoms with van der Waals surface area (Å²) in [7, 11) is 0. The minimum Gasteiger partial charge on any atom is -0.479 e. The lowest BCUT2D eigenvalue weighted by Crippen LogP contribution is -2.56. The van der Waals surface area contributed by atoms with Gasteiger partial charge in [-0.3, -0.25) is 10.2 Å². The Morgan fingerprint density at radius 1 is 1.10 bits per heavy atom. The summed E-state index contributed by atoms with van der Waals surface area (Å²) in [6.07, 6.45) is 0. The number of nitrogens with one attached hydrogen (secondary N) is 3. The van der Waals surface area contributed by atoms with Gasteiger partial charge in [-0.05, 0) is 5.56 Å². The number of rotatable bonds is 6. The van der Waals surface area contributed by atoms with Crippen molar-refractivity contribution >= 4 is 23.7 Å². The van der Waals surface area contributed by atoms with Crippen LogP contribution in [0.3, 0.4) is 0 Å². The van der Waals surface area contributed by atoms with Crippen LogP contribution in [0.2, 0.25) is 0 Å². The first-order valence-corrected chi connectivity index (χ1v) is 5.81. The van der Waals surface area contributed by atoms with Crippen LogP contribution >= 0.6 is 0 Å². The van der Waals surface area contributed by atoms with E-state index in [1.165, 1.54) is 12.1 Å². The molecular formula is C12H15N5O4. The third-order valence-electron chi connectivity index (χ3n) is 2.53. The average Bonchev–Trinajstić information content (AvgIpc) is 2.42. The molecule has 1 aromatic carbocycles. The van der Waals surface area contributed by atoms with E-state index < -0.39 is 35.8 Å². The number of aliphatic carboxylic acids is 1. The normalized spacial score (nSPS) is 12.8. The zero-order chi connectivity index (χ0) is 16.0. The molecule has 0 heterocycles. The smallest absolute Gasteiger partial charge is 0.330 e. The van der Waals surface area contributed by atoms with Crippen molar-refractivity contribution in [2.24, 2.45) is 11.5 Å². The van der Waals surface area contributed by atoms with Gasteiger partial charge in [0.25, 0.3) is 5.91 Å². The van der Waals surface area contributed by atoms with Crippen LogP contribution in [-0.4, -0.2) is 34.9 Å². The molecule has 1 aromatic rings. The number of amidine groups is 1. The molecule has 0 spiro atoms. The quantitative estimate of drug-likeness (QED) is 0.288. The summed E-state index contributed by atoms with van der Waals surface area (Å²) in [5.41, 5.74) is 10.4. The molecule has 1 rings (SSSR count). The van der Waals surface area contributed by atoms with Gasteiger partial charge in [-0.1, -0.05) is 30.3 Å². The molecule has 0 radical (unpaired) electrons. The van der Waals surface area contributed by atoms with E-state index in [2.05, 4.69) is 5.32 Å². The molecular weight excluding hydrogens is 278 g/mol. The monoisotopic (exact) mass is 293 g/mol. The number of nitrogens with two attached hydrogens (primary N) is 2. The lowest BCUT2D eigenvalue weighted by molar-refractivity contribution is -0.142. The number of amides is 3. The number of benzene rings is 1. The molecule has 2 atom stereocenters. The van der Waals surface area contributed by atoms with Crippen molar-refractivity contribution in [3.05, 3.63) is 35.9 Å². The van der Waals surface area contributed by atoms with Gasteiger partial charge in [0.2, 0.25) is 0 Å². The van der Waals surface area contributed by atoms with Crippen LogP contribution in [0.1, 0.15) is 11.6 Å². The molecule has 0 fully saturated rings.